The number of imidazole rings is 1. The highest BCUT2D eigenvalue weighted by Gasteiger charge is 2.22. The Morgan fingerprint density at radius 1 is 1.22 bits per heavy atom. The first-order valence-corrected chi connectivity index (χ1v) is 10.3. The van der Waals surface area contributed by atoms with Gasteiger partial charge in [0.05, 0.1) is 24.8 Å². The molecule has 3 heterocycles. The zero-order chi connectivity index (χ0) is 22.9. The van der Waals surface area contributed by atoms with Crippen LogP contribution >= 0.6 is 0 Å². The lowest BCUT2D eigenvalue weighted by Gasteiger charge is -2.27. The van der Waals surface area contributed by atoms with Crippen molar-refractivity contribution in [3.8, 4) is 11.8 Å². The average molecular weight is 431 g/mol. The van der Waals surface area contributed by atoms with E-state index in [1.54, 1.807) is 19.3 Å². The van der Waals surface area contributed by atoms with Crippen LogP contribution in [-0.2, 0) is 13.1 Å². The van der Waals surface area contributed by atoms with E-state index in [1.807, 2.05) is 48.6 Å². The van der Waals surface area contributed by atoms with E-state index >= 15 is 0 Å². The number of aromatic nitrogens is 6. The van der Waals surface area contributed by atoms with Gasteiger partial charge < -0.3 is 10.6 Å². The molecule has 4 rings (SSSR count). The Kier molecular flexibility index (Phi) is 5.63. The number of benzene rings is 1. The minimum atomic E-state index is -0.424. The van der Waals surface area contributed by atoms with Crippen LogP contribution in [0.25, 0.3) is 21.9 Å². The Balaban J connectivity index is 1.78. The molecule has 1 aromatic carbocycles. The fraction of sp³-hybridized carbons (Fsp3) is 0.348. The van der Waals surface area contributed by atoms with Gasteiger partial charge in [-0.2, -0.15) is 5.10 Å². The number of hydrogen-bond donors (Lipinski definition) is 1. The highest BCUT2D eigenvalue weighted by atomic mass is 16.1. The number of hydrogen-bond acceptors (Lipinski definition) is 7. The molecule has 0 unspecified atom stereocenters. The molecule has 2 N–H and O–H groups in total. The van der Waals surface area contributed by atoms with Crippen molar-refractivity contribution >= 4 is 27.9 Å². The molecule has 0 bridgehead atoms. The van der Waals surface area contributed by atoms with E-state index in [0.717, 1.165) is 16.5 Å². The van der Waals surface area contributed by atoms with Gasteiger partial charge in [-0.1, -0.05) is 18.1 Å². The molecule has 0 fully saturated rings. The second-order valence-corrected chi connectivity index (χ2v) is 8.53. The van der Waals surface area contributed by atoms with E-state index in [-0.39, 0.29) is 5.56 Å². The van der Waals surface area contributed by atoms with Gasteiger partial charge in [-0.3, -0.25) is 9.36 Å². The molecule has 164 valence electrons. The third kappa shape index (κ3) is 4.31. The molecular formula is C23H26N8O. The number of fused-ring (bicyclic) bond motifs is 2. The van der Waals surface area contributed by atoms with Gasteiger partial charge in [0.2, 0.25) is 5.95 Å². The van der Waals surface area contributed by atoms with E-state index in [9.17, 15) is 4.79 Å². The molecule has 0 saturated heterocycles. The lowest BCUT2D eigenvalue weighted by Crippen LogP contribution is -2.44. The predicted octanol–water partition coefficient (Wildman–Crippen LogP) is 1.78. The summed E-state index contributed by atoms with van der Waals surface area (Å²) < 4.78 is 3.28. The molecule has 3 aromatic heterocycles. The minimum absolute atomic E-state index is 0.220. The van der Waals surface area contributed by atoms with Gasteiger partial charge in [0.1, 0.15) is 17.4 Å². The maximum atomic E-state index is 13.4. The Morgan fingerprint density at radius 2 is 2.03 bits per heavy atom. The van der Waals surface area contributed by atoms with Crippen molar-refractivity contribution in [1.82, 2.24) is 29.3 Å². The van der Waals surface area contributed by atoms with Crippen LogP contribution in [0.5, 0.6) is 0 Å². The first-order valence-electron chi connectivity index (χ1n) is 10.3. The maximum absolute atomic E-state index is 13.4. The van der Waals surface area contributed by atoms with Gasteiger partial charge in [0.25, 0.3) is 5.56 Å². The topological polar surface area (TPSA) is 108 Å². The molecule has 0 spiro atoms. The van der Waals surface area contributed by atoms with Gasteiger partial charge in [-0.15, -0.1) is 5.92 Å². The summed E-state index contributed by atoms with van der Waals surface area (Å²) in [6.45, 7) is 6.91. The summed E-state index contributed by atoms with van der Waals surface area (Å²) in [7, 11) is 1.91. The van der Waals surface area contributed by atoms with Crippen LogP contribution in [0.15, 0.2) is 41.7 Å². The smallest absolute Gasteiger partial charge is 0.293 e. The third-order valence-electron chi connectivity index (χ3n) is 5.04. The summed E-state index contributed by atoms with van der Waals surface area (Å²) in [5.74, 6) is 6.59. The fourth-order valence-electron chi connectivity index (χ4n) is 3.76. The summed E-state index contributed by atoms with van der Waals surface area (Å²) in [5.41, 5.74) is 8.31. The largest absolute Gasteiger partial charge is 0.343 e. The summed E-state index contributed by atoms with van der Waals surface area (Å²) in [5, 5.41) is 5.31. The van der Waals surface area contributed by atoms with E-state index < -0.39 is 5.54 Å². The third-order valence-corrected chi connectivity index (χ3v) is 5.04. The normalized spacial score (nSPS) is 11.5. The van der Waals surface area contributed by atoms with Crippen molar-refractivity contribution in [1.29, 1.82) is 0 Å². The van der Waals surface area contributed by atoms with E-state index in [1.165, 1.54) is 11.0 Å². The van der Waals surface area contributed by atoms with Crippen molar-refractivity contribution < 1.29 is 0 Å². The Labute approximate surface area is 185 Å². The van der Waals surface area contributed by atoms with Crippen LogP contribution in [-0.4, -0.2) is 48.4 Å². The lowest BCUT2D eigenvalue weighted by atomic mass is 10.1. The average Bonchev–Trinajstić information content (AvgIpc) is 3.12. The Hall–Kier alpha value is -3.77. The molecule has 0 aliphatic carbocycles. The molecular weight excluding hydrogens is 404 g/mol. The van der Waals surface area contributed by atoms with Gasteiger partial charge in [-0.25, -0.2) is 19.6 Å². The Morgan fingerprint density at radius 3 is 2.78 bits per heavy atom. The molecule has 0 aliphatic rings. The number of nitrogens with two attached hydrogens (primary N) is 1. The van der Waals surface area contributed by atoms with Gasteiger partial charge in [0.15, 0.2) is 0 Å². The van der Waals surface area contributed by atoms with Crippen molar-refractivity contribution in [2.75, 3.05) is 18.5 Å². The molecule has 9 heteroatoms. The maximum Gasteiger partial charge on any atom is 0.293 e. The molecule has 32 heavy (non-hydrogen) atoms. The van der Waals surface area contributed by atoms with Crippen LogP contribution in [0.4, 0.5) is 5.95 Å². The first kappa shape index (κ1) is 21.5. The monoisotopic (exact) mass is 430 g/mol. The van der Waals surface area contributed by atoms with E-state index in [2.05, 4.69) is 31.9 Å². The Bertz CT molecular complexity index is 1400. The van der Waals surface area contributed by atoms with Crippen molar-refractivity contribution in [3.63, 3.8) is 0 Å². The summed E-state index contributed by atoms with van der Waals surface area (Å²) >= 11 is 0. The quantitative estimate of drug-likeness (QED) is 0.465. The van der Waals surface area contributed by atoms with Crippen LogP contribution in [0.2, 0.25) is 0 Å². The standard InChI is InChI=1S/C23H26N8O/c1-5-6-9-30-20-19(28-22(30)29(4)14-23(2,3)24)12-27-31(21(20)32)13-16-7-8-17-11-25-15-26-18(17)10-16/h7-8,10-12,15H,9,13-14,24H2,1-4H3. The van der Waals surface area contributed by atoms with Crippen LogP contribution < -0.4 is 16.2 Å². The summed E-state index contributed by atoms with van der Waals surface area (Å²) in [6, 6.07) is 5.83. The molecule has 9 nitrogen and oxygen atoms in total. The number of nitrogens with zero attached hydrogens (tertiary/aromatic N) is 7. The van der Waals surface area contributed by atoms with Gasteiger partial charge in [-0.05, 0) is 32.4 Å². The molecule has 0 amide bonds. The van der Waals surface area contributed by atoms with Crippen LogP contribution in [0.3, 0.4) is 0 Å². The van der Waals surface area contributed by atoms with Crippen LogP contribution in [0.1, 0.15) is 26.3 Å². The van der Waals surface area contributed by atoms with Gasteiger partial charge in [0, 0.05) is 30.7 Å². The molecule has 0 aliphatic heterocycles. The molecule has 0 atom stereocenters. The highest BCUT2D eigenvalue weighted by molar-refractivity contribution is 5.78. The number of anilines is 1. The fourth-order valence-corrected chi connectivity index (χ4v) is 3.76. The van der Waals surface area contributed by atoms with Gasteiger partial charge >= 0.3 is 0 Å². The minimum Gasteiger partial charge on any atom is -0.343 e. The van der Waals surface area contributed by atoms with Crippen LogP contribution in [0, 0.1) is 11.8 Å². The second kappa shape index (κ2) is 8.40. The summed E-state index contributed by atoms with van der Waals surface area (Å²) in [6.07, 6.45) is 4.90. The molecule has 4 aromatic rings. The molecule has 0 saturated carbocycles. The lowest BCUT2D eigenvalue weighted by molar-refractivity contribution is 0.512. The second-order valence-electron chi connectivity index (χ2n) is 8.53. The van der Waals surface area contributed by atoms with E-state index in [0.29, 0.717) is 36.6 Å². The van der Waals surface area contributed by atoms with Crippen molar-refractivity contribution in [2.45, 2.75) is 39.4 Å². The van der Waals surface area contributed by atoms with Crippen molar-refractivity contribution in [3.05, 3.63) is 52.8 Å². The number of likely N-dealkylation sites (N-methyl/N-ethyl adjacent to an activating group) is 1. The van der Waals surface area contributed by atoms with E-state index in [4.69, 9.17) is 5.73 Å². The zero-order valence-corrected chi connectivity index (χ0v) is 18.7. The highest BCUT2D eigenvalue weighted by Crippen LogP contribution is 2.20. The summed E-state index contributed by atoms with van der Waals surface area (Å²) in [4.78, 5) is 28.4. The zero-order valence-electron chi connectivity index (χ0n) is 18.7. The van der Waals surface area contributed by atoms with Crippen molar-refractivity contribution in [2.24, 2.45) is 5.73 Å². The first-order chi connectivity index (χ1) is 15.3. The molecule has 0 radical (unpaired) electrons. The SMILES string of the molecule is CC#CCn1c(N(C)CC(C)(C)N)nc2cnn(Cc3ccc4cncnc4c3)c(=O)c21. The number of rotatable bonds is 6. The predicted molar refractivity (Wildman–Crippen MR) is 125 cm³/mol.